The third kappa shape index (κ3) is 3.38. The van der Waals surface area contributed by atoms with Crippen molar-refractivity contribution in [2.45, 2.75) is 13.5 Å². The molecule has 3 nitrogen and oxygen atoms in total. The highest BCUT2D eigenvalue weighted by Gasteiger charge is 2.14. The molecule has 0 saturated heterocycles. The summed E-state index contributed by atoms with van der Waals surface area (Å²) in [7, 11) is 0. The van der Waals surface area contributed by atoms with Gasteiger partial charge in [-0.1, -0.05) is 15.9 Å². The van der Waals surface area contributed by atoms with E-state index in [1.54, 1.807) is 23.5 Å². The lowest BCUT2D eigenvalue weighted by Crippen LogP contribution is -2.04. The first kappa shape index (κ1) is 14.6. The summed E-state index contributed by atoms with van der Waals surface area (Å²) in [5, 5.41) is 1.97. The lowest BCUT2D eigenvalue weighted by Gasteiger charge is -2.12. The lowest BCUT2D eigenvalue weighted by molar-refractivity contribution is 0.101. The van der Waals surface area contributed by atoms with Crippen LogP contribution < -0.4 is 10.5 Å². The highest BCUT2D eigenvalue weighted by atomic mass is 79.9. The number of hydrogen-bond acceptors (Lipinski definition) is 4. The first-order valence-corrected chi connectivity index (χ1v) is 7.90. The van der Waals surface area contributed by atoms with Gasteiger partial charge in [0, 0.05) is 8.95 Å². The molecule has 2 N–H and O–H groups in total. The maximum atomic E-state index is 11.6. The van der Waals surface area contributed by atoms with Gasteiger partial charge >= 0.3 is 0 Å². The molecule has 0 unspecified atom stereocenters. The monoisotopic (exact) mass is 403 g/mol. The van der Waals surface area contributed by atoms with E-state index in [9.17, 15) is 4.79 Å². The summed E-state index contributed by atoms with van der Waals surface area (Å²) in [6, 6.07) is 5.41. The van der Waals surface area contributed by atoms with E-state index in [1.165, 1.54) is 6.92 Å². The fraction of sp³-hybridized carbons (Fsp3) is 0.154. The van der Waals surface area contributed by atoms with Crippen molar-refractivity contribution in [1.29, 1.82) is 0 Å². The summed E-state index contributed by atoms with van der Waals surface area (Å²) in [5.74, 6) is 0.365. The van der Waals surface area contributed by atoms with Gasteiger partial charge in [0.05, 0.1) is 16.1 Å². The summed E-state index contributed by atoms with van der Waals surface area (Å²) < 4.78 is 7.48. The molecule has 0 spiro atoms. The number of benzene rings is 1. The summed E-state index contributed by atoms with van der Waals surface area (Å²) in [6.07, 6.45) is 0. The minimum absolute atomic E-state index is 0.0757. The first-order valence-electron chi connectivity index (χ1n) is 5.43. The Morgan fingerprint density at radius 3 is 2.74 bits per heavy atom. The van der Waals surface area contributed by atoms with Crippen LogP contribution in [0.4, 0.5) is 5.69 Å². The summed E-state index contributed by atoms with van der Waals surface area (Å²) in [4.78, 5) is 12.7. The van der Waals surface area contributed by atoms with Gasteiger partial charge in [-0.25, -0.2) is 0 Å². The zero-order valence-electron chi connectivity index (χ0n) is 10.1. The minimum atomic E-state index is -0.0757. The Labute approximate surface area is 132 Å². The number of carbonyl (C=O) groups excluding carboxylic acids is 1. The van der Waals surface area contributed by atoms with Crippen molar-refractivity contribution in [3.63, 3.8) is 0 Å². The number of ketones is 1. The van der Waals surface area contributed by atoms with E-state index in [0.717, 1.165) is 13.8 Å². The van der Waals surface area contributed by atoms with Crippen molar-refractivity contribution in [1.82, 2.24) is 0 Å². The molecule has 1 heterocycles. The van der Waals surface area contributed by atoms with Gasteiger partial charge in [0.2, 0.25) is 0 Å². The van der Waals surface area contributed by atoms with Crippen molar-refractivity contribution in [3.05, 3.63) is 43.0 Å². The van der Waals surface area contributed by atoms with Gasteiger partial charge in [-0.3, -0.25) is 4.79 Å². The fourth-order valence-electron chi connectivity index (χ4n) is 1.60. The molecule has 0 radical (unpaired) electrons. The van der Waals surface area contributed by atoms with Crippen LogP contribution in [0.25, 0.3) is 0 Å². The smallest absolute Gasteiger partial charge is 0.163 e. The molecule has 0 aliphatic rings. The molecule has 6 heteroatoms. The van der Waals surface area contributed by atoms with Crippen molar-refractivity contribution in [2.75, 3.05) is 5.73 Å². The molecule has 0 atom stereocenters. The second-order valence-electron chi connectivity index (χ2n) is 3.91. The summed E-state index contributed by atoms with van der Waals surface area (Å²) >= 11 is 8.35. The third-order valence-electron chi connectivity index (χ3n) is 2.50. The molecule has 19 heavy (non-hydrogen) atoms. The second-order valence-corrected chi connectivity index (χ2v) is 6.68. The van der Waals surface area contributed by atoms with Crippen LogP contribution in [0.1, 0.15) is 22.2 Å². The molecule has 0 aliphatic carbocycles. The van der Waals surface area contributed by atoms with E-state index in [0.29, 0.717) is 23.6 Å². The van der Waals surface area contributed by atoms with Gasteiger partial charge in [0.25, 0.3) is 0 Å². The van der Waals surface area contributed by atoms with Crippen LogP contribution in [0.5, 0.6) is 5.75 Å². The largest absolute Gasteiger partial charge is 0.485 e. The Balaban J connectivity index is 2.29. The quantitative estimate of drug-likeness (QED) is 0.596. The van der Waals surface area contributed by atoms with Crippen molar-refractivity contribution in [2.24, 2.45) is 0 Å². The zero-order chi connectivity index (χ0) is 14.0. The Morgan fingerprint density at radius 2 is 2.16 bits per heavy atom. The predicted molar refractivity (Wildman–Crippen MR) is 84.9 cm³/mol. The maximum absolute atomic E-state index is 11.6. The number of rotatable bonds is 4. The van der Waals surface area contributed by atoms with Crippen molar-refractivity contribution < 1.29 is 9.53 Å². The van der Waals surface area contributed by atoms with Crippen LogP contribution in [0.15, 0.2) is 32.5 Å². The predicted octanol–water partition coefficient (Wildman–Crippen LogP) is 4.64. The summed E-state index contributed by atoms with van der Waals surface area (Å²) in [5.41, 5.74) is 6.86. The van der Waals surface area contributed by atoms with Crippen LogP contribution in [0.2, 0.25) is 0 Å². The fourth-order valence-corrected chi connectivity index (χ4v) is 3.46. The van der Waals surface area contributed by atoms with Gasteiger partial charge in [-0.2, -0.15) is 0 Å². The van der Waals surface area contributed by atoms with Gasteiger partial charge in [0.1, 0.15) is 6.61 Å². The number of ether oxygens (including phenoxy) is 1. The number of carbonyl (C=O) groups is 1. The average Bonchev–Trinajstić information content (AvgIpc) is 2.73. The van der Waals surface area contributed by atoms with Crippen LogP contribution in [0, 0.1) is 0 Å². The number of thiophene rings is 1. The number of halogens is 2. The van der Waals surface area contributed by atoms with E-state index in [4.69, 9.17) is 10.5 Å². The van der Waals surface area contributed by atoms with E-state index >= 15 is 0 Å². The van der Waals surface area contributed by atoms with Crippen LogP contribution in [-0.2, 0) is 6.61 Å². The molecular formula is C13H11Br2NO2S. The number of nitrogen functional groups attached to an aromatic ring is 1. The van der Waals surface area contributed by atoms with Crippen LogP contribution in [-0.4, -0.2) is 5.78 Å². The minimum Gasteiger partial charge on any atom is -0.485 e. The summed E-state index contributed by atoms with van der Waals surface area (Å²) in [6.45, 7) is 1.87. The molecule has 2 rings (SSSR count). The molecule has 0 bridgehead atoms. The van der Waals surface area contributed by atoms with Crippen LogP contribution in [0.3, 0.4) is 0 Å². The molecule has 0 saturated carbocycles. The number of hydrogen-bond donors (Lipinski definition) is 1. The number of nitrogens with two attached hydrogens (primary N) is 1. The number of Topliss-reactive ketones (excluding diaryl/α,β-unsaturated/α-hetero) is 1. The Bertz CT molecular complexity index is 625. The number of anilines is 1. The first-order chi connectivity index (χ1) is 8.99. The molecular weight excluding hydrogens is 394 g/mol. The molecule has 100 valence electrons. The van der Waals surface area contributed by atoms with Gasteiger partial charge < -0.3 is 10.5 Å². The maximum Gasteiger partial charge on any atom is 0.163 e. The van der Waals surface area contributed by atoms with E-state index in [-0.39, 0.29) is 5.78 Å². The molecule has 1 aromatic carbocycles. The molecule has 0 fully saturated rings. The highest BCUT2D eigenvalue weighted by Crippen LogP contribution is 2.33. The molecule has 2 aromatic rings. The van der Waals surface area contributed by atoms with Crippen molar-refractivity contribution in [3.8, 4) is 5.75 Å². The normalized spacial score (nSPS) is 10.5. The Morgan fingerprint density at radius 1 is 1.42 bits per heavy atom. The van der Waals surface area contributed by atoms with Gasteiger partial charge in [-0.15, -0.1) is 11.3 Å². The lowest BCUT2D eigenvalue weighted by atomic mass is 10.1. The Hall–Kier alpha value is -0.850. The van der Waals surface area contributed by atoms with E-state index in [1.807, 2.05) is 11.4 Å². The molecule has 1 aromatic heterocycles. The van der Waals surface area contributed by atoms with Gasteiger partial charge in [0.15, 0.2) is 11.5 Å². The zero-order valence-corrected chi connectivity index (χ0v) is 14.1. The topological polar surface area (TPSA) is 52.3 Å². The standard InChI is InChI=1S/C13H11Br2NO2S/c1-7(17)9-4-8(14)5-11(16)13(9)18-6-12-10(15)2-3-19-12/h2-5H,6,16H2,1H3. The second kappa shape index (κ2) is 6.07. The van der Waals surface area contributed by atoms with Gasteiger partial charge in [-0.05, 0) is 46.4 Å². The molecule has 0 amide bonds. The Kier molecular flexibility index (Phi) is 4.65. The molecule has 0 aliphatic heterocycles. The van der Waals surface area contributed by atoms with Crippen LogP contribution >= 0.6 is 43.2 Å². The third-order valence-corrected chi connectivity index (χ3v) is 4.86. The van der Waals surface area contributed by atoms with E-state index < -0.39 is 0 Å². The van der Waals surface area contributed by atoms with Crippen molar-refractivity contribution >= 4 is 54.7 Å². The SMILES string of the molecule is CC(=O)c1cc(Br)cc(N)c1OCc1sccc1Br. The highest BCUT2D eigenvalue weighted by molar-refractivity contribution is 9.10. The average molecular weight is 405 g/mol. The van der Waals surface area contributed by atoms with E-state index in [2.05, 4.69) is 31.9 Å².